The second-order valence-electron chi connectivity index (χ2n) is 4.72. The number of benzene rings is 1. The maximum atomic E-state index is 9.19. The first kappa shape index (κ1) is 12.7. The van der Waals surface area contributed by atoms with Crippen LogP contribution in [0.25, 0.3) is 0 Å². The molecule has 0 aromatic heterocycles. The van der Waals surface area contributed by atoms with Crippen molar-refractivity contribution in [3.8, 4) is 5.75 Å². The van der Waals surface area contributed by atoms with Crippen LogP contribution in [-0.2, 0) is 6.54 Å². The van der Waals surface area contributed by atoms with Gasteiger partial charge in [0.2, 0.25) is 0 Å². The van der Waals surface area contributed by atoms with Crippen LogP contribution in [0.5, 0.6) is 5.75 Å². The molecule has 1 aromatic rings. The summed E-state index contributed by atoms with van der Waals surface area (Å²) in [6, 6.07) is 5.69. The first-order chi connectivity index (χ1) is 8.19. The summed E-state index contributed by atoms with van der Waals surface area (Å²) in [7, 11) is 1.63. The number of ether oxygens (including phenoxy) is 1. The number of aliphatic hydroxyl groups is 1. The van der Waals surface area contributed by atoms with E-state index in [4.69, 9.17) is 16.3 Å². The Labute approximate surface area is 107 Å². The summed E-state index contributed by atoms with van der Waals surface area (Å²) in [5.74, 6) is 0.771. The summed E-state index contributed by atoms with van der Waals surface area (Å²) in [6.07, 6.45) is 2.24. The number of halogens is 1. The number of rotatable bonds is 6. The van der Waals surface area contributed by atoms with Crippen molar-refractivity contribution in [2.24, 2.45) is 5.41 Å². The van der Waals surface area contributed by atoms with Gasteiger partial charge in [0.1, 0.15) is 5.75 Å². The molecular weight excluding hydrogens is 238 g/mol. The average molecular weight is 256 g/mol. The lowest BCUT2D eigenvalue weighted by molar-refractivity contribution is 0.207. The minimum absolute atomic E-state index is 0.138. The predicted octanol–water partition coefficient (Wildman–Crippen LogP) is 2.21. The molecule has 0 spiro atoms. The van der Waals surface area contributed by atoms with E-state index >= 15 is 0 Å². The molecule has 4 heteroatoms. The molecule has 1 aromatic carbocycles. The van der Waals surface area contributed by atoms with Crippen LogP contribution in [-0.4, -0.2) is 25.4 Å². The van der Waals surface area contributed by atoms with Gasteiger partial charge in [-0.15, -0.1) is 0 Å². The lowest BCUT2D eigenvalue weighted by atomic mass is 10.1. The predicted molar refractivity (Wildman–Crippen MR) is 68.5 cm³/mol. The zero-order chi connectivity index (χ0) is 12.3. The van der Waals surface area contributed by atoms with Crippen molar-refractivity contribution in [3.63, 3.8) is 0 Å². The van der Waals surface area contributed by atoms with Crippen LogP contribution in [0.1, 0.15) is 18.4 Å². The fourth-order valence-corrected chi connectivity index (χ4v) is 2.07. The monoisotopic (exact) mass is 255 g/mol. The van der Waals surface area contributed by atoms with Crippen molar-refractivity contribution in [2.45, 2.75) is 19.4 Å². The summed E-state index contributed by atoms with van der Waals surface area (Å²) in [5, 5.41) is 13.3. The van der Waals surface area contributed by atoms with E-state index in [1.54, 1.807) is 7.11 Å². The minimum atomic E-state index is 0.138. The van der Waals surface area contributed by atoms with E-state index in [1.807, 2.05) is 18.2 Å². The molecule has 0 bridgehead atoms. The van der Waals surface area contributed by atoms with Crippen molar-refractivity contribution in [1.29, 1.82) is 0 Å². The molecule has 1 aliphatic rings. The smallest absolute Gasteiger partial charge is 0.120 e. The SMILES string of the molecule is COc1ccc(CNCC2(CO)CC2)c(Cl)c1. The number of nitrogens with one attached hydrogen (secondary N) is 1. The molecule has 17 heavy (non-hydrogen) atoms. The molecule has 0 aliphatic heterocycles. The van der Waals surface area contributed by atoms with E-state index in [1.165, 1.54) is 0 Å². The third-order valence-corrected chi connectivity index (χ3v) is 3.72. The Morgan fingerprint density at radius 1 is 1.47 bits per heavy atom. The Bertz CT molecular complexity index is 391. The summed E-state index contributed by atoms with van der Waals surface area (Å²) in [6.45, 7) is 1.85. The first-order valence-electron chi connectivity index (χ1n) is 5.83. The van der Waals surface area contributed by atoms with Gasteiger partial charge < -0.3 is 15.2 Å². The number of methoxy groups -OCH3 is 1. The summed E-state index contributed by atoms with van der Waals surface area (Å²) in [5.41, 5.74) is 1.19. The Hall–Kier alpha value is -0.770. The van der Waals surface area contributed by atoms with E-state index < -0.39 is 0 Å². The molecule has 2 N–H and O–H groups in total. The lowest BCUT2D eigenvalue weighted by Crippen LogP contribution is -2.26. The summed E-state index contributed by atoms with van der Waals surface area (Å²) in [4.78, 5) is 0. The zero-order valence-corrected chi connectivity index (χ0v) is 10.8. The Kier molecular flexibility index (Phi) is 3.92. The molecule has 0 unspecified atom stereocenters. The van der Waals surface area contributed by atoms with Crippen molar-refractivity contribution in [3.05, 3.63) is 28.8 Å². The van der Waals surface area contributed by atoms with Crippen LogP contribution in [0, 0.1) is 5.41 Å². The van der Waals surface area contributed by atoms with Crippen LogP contribution in [0.2, 0.25) is 5.02 Å². The summed E-state index contributed by atoms with van der Waals surface area (Å²) >= 11 is 6.14. The average Bonchev–Trinajstić information content (AvgIpc) is 3.12. The molecule has 2 rings (SSSR count). The second-order valence-corrected chi connectivity index (χ2v) is 5.13. The van der Waals surface area contributed by atoms with Crippen LogP contribution in [0.15, 0.2) is 18.2 Å². The molecule has 1 aliphatic carbocycles. The topological polar surface area (TPSA) is 41.5 Å². The van der Waals surface area contributed by atoms with E-state index in [9.17, 15) is 5.11 Å². The minimum Gasteiger partial charge on any atom is -0.497 e. The Morgan fingerprint density at radius 2 is 2.24 bits per heavy atom. The highest BCUT2D eigenvalue weighted by Gasteiger charge is 2.41. The van der Waals surface area contributed by atoms with Gasteiger partial charge in [-0.2, -0.15) is 0 Å². The van der Waals surface area contributed by atoms with Crippen molar-refractivity contribution in [2.75, 3.05) is 20.3 Å². The first-order valence-corrected chi connectivity index (χ1v) is 6.21. The fourth-order valence-electron chi connectivity index (χ4n) is 1.83. The maximum absolute atomic E-state index is 9.19. The maximum Gasteiger partial charge on any atom is 0.120 e. The summed E-state index contributed by atoms with van der Waals surface area (Å²) < 4.78 is 5.10. The molecule has 0 amide bonds. The van der Waals surface area contributed by atoms with Gasteiger partial charge in [-0.25, -0.2) is 0 Å². The normalized spacial score (nSPS) is 16.9. The van der Waals surface area contributed by atoms with Gasteiger partial charge in [0.05, 0.1) is 7.11 Å². The van der Waals surface area contributed by atoms with Gasteiger partial charge in [-0.05, 0) is 30.5 Å². The number of aliphatic hydroxyl groups excluding tert-OH is 1. The molecule has 1 fully saturated rings. The zero-order valence-electron chi connectivity index (χ0n) is 10.0. The van der Waals surface area contributed by atoms with Crippen LogP contribution in [0.3, 0.4) is 0 Å². The third-order valence-electron chi connectivity index (χ3n) is 3.37. The molecule has 3 nitrogen and oxygen atoms in total. The largest absolute Gasteiger partial charge is 0.497 e. The van der Waals surface area contributed by atoms with Gasteiger partial charge in [0.25, 0.3) is 0 Å². The van der Waals surface area contributed by atoms with E-state index in [0.29, 0.717) is 5.02 Å². The molecule has 0 radical (unpaired) electrons. The fraction of sp³-hybridized carbons (Fsp3) is 0.538. The molecule has 0 atom stereocenters. The highest BCUT2D eigenvalue weighted by Crippen LogP contribution is 2.44. The van der Waals surface area contributed by atoms with E-state index in [0.717, 1.165) is 37.2 Å². The van der Waals surface area contributed by atoms with Crippen LogP contribution in [0.4, 0.5) is 0 Å². The highest BCUT2D eigenvalue weighted by molar-refractivity contribution is 6.31. The third kappa shape index (κ3) is 3.12. The van der Waals surface area contributed by atoms with E-state index in [-0.39, 0.29) is 12.0 Å². The van der Waals surface area contributed by atoms with Gasteiger partial charge in [-0.3, -0.25) is 0 Å². The Morgan fingerprint density at radius 3 is 2.76 bits per heavy atom. The van der Waals surface area contributed by atoms with Gasteiger partial charge >= 0.3 is 0 Å². The van der Waals surface area contributed by atoms with Gasteiger partial charge in [-0.1, -0.05) is 17.7 Å². The highest BCUT2D eigenvalue weighted by atomic mass is 35.5. The second kappa shape index (κ2) is 5.25. The Balaban J connectivity index is 1.86. The van der Waals surface area contributed by atoms with Crippen molar-refractivity contribution in [1.82, 2.24) is 5.32 Å². The van der Waals surface area contributed by atoms with Crippen LogP contribution < -0.4 is 10.1 Å². The van der Waals surface area contributed by atoms with Crippen molar-refractivity contribution < 1.29 is 9.84 Å². The number of hydrogen-bond acceptors (Lipinski definition) is 3. The van der Waals surface area contributed by atoms with Gasteiger partial charge in [0.15, 0.2) is 0 Å². The molecule has 1 saturated carbocycles. The standard InChI is InChI=1S/C13H18ClNO2/c1-17-11-3-2-10(12(14)6-11)7-15-8-13(9-16)4-5-13/h2-3,6,15-16H,4-5,7-9H2,1H3. The number of hydrogen-bond donors (Lipinski definition) is 2. The molecule has 0 saturated heterocycles. The molecular formula is C13H18ClNO2. The van der Waals surface area contributed by atoms with Gasteiger partial charge in [0, 0.05) is 30.1 Å². The molecule has 94 valence electrons. The molecule has 0 heterocycles. The quantitative estimate of drug-likeness (QED) is 0.819. The lowest BCUT2D eigenvalue weighted by Gasteiger charge is -2.13. The van der Waals surface area contributed by atoms with Crippen LogP contribution >= 0.6 is 11.6 Å². The van der Waals surface area contributed by atoms with Crippen molar-refractivity contribution >= 4 is 11.6 Å². The van der Waals surface area contributed by atoms with E-state index in [2.05, 4.69) is 5.32 Å².